The van der Waals surface area contributed by atoms with Crippen LogP contribution in [0.15, 0.2) is 48.5 Å². The third-order valence-electron chi connectivity index (χ3n) is 2.82. The lowest BCUT2D eigenvalue weighted by Crippen LogP contribution is -1.99. The van der Waals surface area contributed by atoms with Crippen LogP contribution in [0.5, 0.6) is 11.5 Å². The molecule has 0 spiro atoms. The topological polar surface area (TPSA) is 27.7 Å². The molecule has 2 rings (SSSR count). The van der Waals surface area contributed by atoms with Crippen molar-refractivity contribution in [1.82, 2.24) is 0 Å². The highest BCUT2D eigenvalue weighted by Gasteiger charge is 1.99. The lowest BCUT2D eigenvalue weighted by Gasteiger charge is -2.07. The maximum atomic E-state index is 5.52. The third-order valence-corrected chi connectivity index (χ3v) is 2.82. The van der Waals surface area contributed by atoms with Crippen LogP contribution in [-0.2, 0) is 4.74 Å². The SMILES string of the molecule is COCOc1ccccc1/C=C\c1ccc(OC)cc1. The van der Waals surface area contributed by atoms with Gasteiger partial charge in [0.05, 0.1) is 7.11 Å². The van der Waals surface area contributed by atoms with Crippen LogP contribution in [-0.4, -0.2) is 21.0 Å². The first-order valence-corrected chi connectivity index (χ1v) is 6.36. The van der Waals surface area contributed by atoms with E-state index < -0.39 is 0 Å². The molecule has 0 fully saturated rings. The Morgan fingerprint density at radius 3 is 2.35 bits per heavy atom. The Hall–Kier alpha value is -2.26. The van der Waals surface area contributed by atoms with Gasteiger partial charge < -0.3 is 14.2 Å². The second-order valence-electron chi connectivity index (χ2n) is 4.20. The van der Waals surface area contributed by atoms with Crippen molar-refractivity contribution >= 4 is 12.2 Å². The molecule has 0 atom stereocenters. The molecule has 104 valence electrons. The molecule has 0 bridgehead atoms. The van der Waals surface area contributed by atoms with Crippen LogP contribution in [0.4, 0.5) is 0 Å². The van der Waals surface area contributed by atoms with Gasteiger partial charge in [0.2, 0.25) is 0 Å². The number of rotatable bonds is 6. The Morgan fingerprint density at radius 1 is 0.900 bits per heavy atom. The molecule has 0 amide bonds. The van der Waals surface area contributed by atoms with Crippen molar-refractivity contribution in [1.29, 1.82) is 0 Å². The number of para-hydroxylation sites is 1. The molecule has 2 aromatic rings. The van der Waals surface area contributed by atoms with E-state index in [2.05, 4.69) is 0 Å². The van der Waals surface area contributed by atoms with Crippen LogP contribution < -0.4 is 9.47 Å². The minimum atomic E-state index is 0.243. The van der Waals surface area contributed by atoms with E-state index in [4.69, 9.17) is 14.2 Å². The molecule has 3 nitrogen and oxygen atoms in total. The molecule has 0 aliphatic carbocycles. The molecule has 0 aromatic heterocycles. The van der Waals surface area contributed by atoms with E-state index in [1.807, 2.05) is 60.7 Å². The second-order valence-corrected chi connectivity index (χ2v) is 4.20. The molecule has 0 N–H and O–H groups in total. The number of methoxy groups -OCH3 is 2. The average molecular weight is 270 g/mol. The molecule has 3 heteroatoms. The van der Waals surface area contributed by atoms with Gasteiger partial charge in [0.15, 0.2) is 6.79 Å². The zero-order valence-electron chi connectivity index (χ0n) is 11.7. The largest absolute Gasteiger partial charge is 0.497 e. The standard InChI is InChI=1S/C17H18O3/c1-18-13-20-17-6-4-3-5-15(17)10-7-14-8-11-16(19-2)12-9-14/h3-12H,13H2,1-2H3/b10-7-. The monoisotopic (exact) mass is 270 g/mol. The van der Waals surface area contributed by atoms with E-state index in [9.17, 15) is 0 Å². The summed E-state index contributed by atoms with van der Waals surface area (Å²) in [5, 5.41) is 0. The third kappa shape index (κ3) is 3.87. The Labute approximate surface area is 119 Å². The van der Waals surface area contributed by atoms with Crippen LogP contribution in [0.2, 0.25) is 0 Å². The van der Waals surface area contributed by atoms with Crippen molar-refractivity contribution < 1.29 is 14.2 Å². The van der Waals surface area contributed by atoms with E-state index in [1.165, 1.54) is 0 Å². The molecule has 0 unspecified atom stereocenters. The van der Waals surface area contributed by atoms with Crippen LogP contribution in [0, 0.1) is 0 Å². The molecule has 0 radical (unpaired) electrons. The fourth-order valence-electron chi connectivity index (χ4n) is 1.77. The van der Waals surface area contributed by atoms with Crippen molar-refractivity contribution in [2.75, 3.05) is 21.0 Å². The lowest BCUT2D eigenvalue weighted by molar-refractivity contribution is 0.0510. The summed E-state index contributed by atoms with van der Waals surface area (Å²) in [6.45, 7) is 0.243. The molecular formula is C17H18O3. The molecule has 2 aromatic carbocycles. The first-order chi connectivity index (χ1) is 9.83. The highest BCUT2D eigenvalue weighted by Crippen LogP contribution is 2.21. The van der Waals surface area contributed by atoms with Gasteiger partial charge in [-0.25, -0.2) is 0 Å². The summed E-state index contributed by atoms with van der Waals surface area (Å²) in [7, 11) is 3.27. The summed E-state index contributed by atoms with van der Waals surface area (Å²) in [5.74, 6) is 1.66. The predicted octanol–water partition coefficient (Wildman–Crippen LogP) is 3.85. The highest BCUT2D eigenvalue weighted by atomic mass is 16.7. The summed E-state index contributed by atoms with van der Waals surface area (Å²) in [6, 6.07) is 15.7. The smallest absolute Gasteiger partial charge is 0.188 e. The quantitative estimate of drug-likeness (QED) is 0.589. The van der Waals surface area contributed by atoms with E-state index in [1.54, 1.807) is 14.2 Å². The Kier molecular flexibility index (Phi) is 5.21. The van der Waals surface area contributed by atoms with Crippen LogP contribution >= 0.6 is 0 Å². The maximum Gasteiger partial charge on any atom is 0.188 e. The fraction of sp³-hybridized carbons (Fsp3) is 0.176. The van der Waals surface area contributed by atoms with Crippen molar-refractivity contribution in [2.24, 2.45) is 0 Å². The molecule has 0 saturated heterocycles. The summed E-state index contributed by atoms with van der Waals surface area (Å²) >= 11 is 0. The van der Waals surface area contributed by atoms with Gasteiger partial charge in [-0.1, -0.05) is 42.5 Å². The van der Waals surface area contributed by atoms with E-state index in [0.717, 1.165) is 22.6 Å². The van der Waals surface area contributed by atoms with Crippen molar-refractivity contribution in [3.05, 3.63) is 59.7 Å². The summed E-state index contributed by atoms with van der Waals surface area (Å²) in [6.07, 6.45) is 4.06. The van der Waals surface area contributed by atoms with E-state index in [-0.39, 0.29) is 6.79 Å². The Balaban J connectivity index is 2.13. The lowest BCUT2D eigenvalue weighted by atomic mass is 10.1. The van der Waals surface area contributed by atoms with Crippen molar-refractivity contribution in [3.63, 3.8) is 0 Å². The van der Waals surface area contributed by atoms with Crippen LogP contribution in [0.25, 0.3) is 12.2 Å². The Morgan fingerprint density at radius 2 is 1.65 bits per heavy atom. The van der Waals surface area contributed by atoms with Gasteiger partial charge in [0, 0.05) is 12.7 Å². The number of hydrogen-bond donors (Lipinski definition) is 0. The normalized spacial score (nSPS) is 10.7. The Bertz CT molecular complexity index is 559. The predicted molar refractivity (Wildman–Crippen MR) is 80.9 cm³/mol. The fourth-order valence-corrected chi connectivity index (χ4v) is 1.77. The zero-order valence-corrected chi connectivity index (χ0v) is 11.7. The first-order valence-electron chi connectivity index (χ1n) is 6.36. The number of ether oxygens (including phenoxy) is 3. The molecule has 0 saturated carbocycles. The molecule has 0 aliphatic heterocycles. The maximum absolute atomic E-state index is 5.52. The van der Waals surface area contributed by atoms with Crippen molar-refractivity contribution in [3.8, 4) is 11.5 Å². The number of hydrogen-bond acceptors (Lipinski definition) is 3. The van der Waals surface area contributed by atoms with E-state index >= 15 is 0 Å². The van der Waals surface area contributed by atoms with Crippen LogP contribution in [0.3, 0.4) is 0 Å². The summed E-state index contributed by atoms with van der Waals surface area (Å²) in [4.78, 5) is 0. The van der Waals surface area contributed by atoms with Gasteiger partial charge in [-0.3, -0.25) is 0 Å². The second kappa shape index (κ2) is 7.36. The first kappa shape index (κ1) is 14.2. The summed E-state index contributed by atoms with van der Waals surface area (Å²) < 4.78 is 15.6. The van der Waals surface area contributed by atoms with Crippen molar-refractivity contribution in [2.45, 2.75) is 0 Å². The van der Waals surface area contributed by atoms with Gasteiger partial charge >= 0.3 is 0 Å². The molecule has 20 heavy (non-hydrogen) atoms. The van der Waals surface area contributed by atoms with Crippen LogP contribution in [0.1, 0.15) is 11.1 Å². The average Bonchev–Trinajstić information content (AvgIpc) is 2.52. The molecular weight excluding hydrogens is 252 g/mol. The molecule has 0 aliphatic rings. The van der Waals surface area contributed by atoms with Gasteiger partial charge in [-0.2, -0.15) is 0 Å². The molecule has 0 heterocycles. The highest BCUT2D eigenvalue weighted by molar-refractivity contribution is 5.72. The van der Waals surface area contributed by atoms with Gasteiger partial charge in [-0.15, -0.1) is 0 Å². The minimum Gasteiger partial charge on any atom is -0.497 e. The van der Waals surface area contributed by atoms with Gasteiger partial charge in [0.25, 0.3) is 0 Å². The van der Waals surface area contributed by atoms with Gasteiger partial charge in [-0.05, 0) is 23.8 Å². The summed E-state index contributed by atoms with van der Waals surface area (Å²) in [5.41, 5.74) is 2.12. The zero-order chi connectivity index (χ0) is 14.2. The van der Waals surface area contributed by atoms with E-state index in [0.29, 0.717) is 0 Å². The van der Waals surface area contributed by atoms with Gasteiger partial charge in [0.1, 0.15) is 11.5 Å². The minimum absolute atomic E-state index is 0.243. The number of benzene rings is 2.